The molecule has 0 saturated heterocycles. The van der Waals surface area contributed by atoms with E-state index in [1.165, 1.54) is 11.3 Å². The maximum absolute atomic E-state index is 6.07. The normalized spacial score (nSPS) is 10.6. The van der Waals surface area contributed by atoms with Crippen molar-refractivity contribution in [2.24, 2.45) is 5.73 Å². The summed E-state index contributed by atoms with van der Waals surface area (Å²) in [5.74, 6) is 1.30. The highest BCUT2D eigenvalue weighted by atomic mass is 35.5. The molecule has 0 unspecified atom stereocenters. The molecule has 0 radical (unpaired) electrons. The van der Waals surface area contributed by atoms with E-state index in [2.05, 4.69) is 0 Å². The van der Waals surface area contributed by atoms with E-state index in [0.717, 1.165) is 14.8 Å². The van der Waals surface area contributed by atoms with Crippen molar-refractivity contribution in [1.29, 1.82) is 0 Å². The number of benzene rings is 1. The number of nitrogens with two attached hydrogens (primary N) is 1. The average molecular weight is 332 g/mol. The molecule has 0 amide bonds. The third-order valence-electron chi connectivity index (χ3n) is 2.72. The quantitative estimate of drug-likeness (QED) is 0.864. The number of thiophene rings is 1. The first-order valence-corrected chi connectivity index (χ1v) is 7.64. The van der Waals surface area contributed by atoms with Crippen LogP contribution in [0.25, 0.3) is 0 Å². The van der Waals surface area contributed by atoms with Crippen molar-refractivity contribution in [3.05, 3.63) is 44.1 Å². The third kappa shape index (κ3) is 3.79. The van der Waals surface area contributed by atoms with Gasteiger partial charge in [0.25, 0.3) is 0 Å². The molecule has 0 saturated carbocycles. The lowest BCUT2D eigenvalue weighted by Crippen LogP contribution is -2.06. The predicted molar refractivity (Wildman–Crippen MR) is 84.4 cm³/mol. The van der Waals surface area contributed by atoms with Gasteiger partial charge < -0.3 is 15.2 Å². The molecule has 0 aliphatic heterocycles. The molecule has 0 spiro atoms. The minimum absolute atomic E-state index is 0.437. The lowest BCUT2D eigenvalue weighted by Gasteiger charge is -2.15. The Morgan fingerprint density at radius 1 is 1.25 bits per heavy atom. The molecule has 2 N–H and O–H groups in total. The van der Waals surface area contributed by atoms with Crippen molar-refractivity contribution in [3.8, 4) is 11.5 Å². The van der Waals surface area contributed by atoms with Crippen molar-refractivity contribution in [2.75, 3.05) is 13.7 Å². The molecule has 0 bridgehead atoms. The van der Waals surface area contributed by atoms with Gasteiger partial charge in [-0.2, -0.15) is 0 Å². The van der Waals surface area contributed by atoms with Crippen LogP contribution in [0.4, 0.5) is 0 Å². The topological polar surface area (TPSA) is 44.5 Å². The van der Waals surface area contributed by atoms with Crippen LogP contribution < -0.4 is 15.2 Å². The first-order valence-electron chi connectivity index (χ1n) is 6.07. The van der Waals surface area contributed by atoms with Crippen LogP contribution in [0.3, 0.4) is 0 Å². The Hall–Kier alpha value is -0.940. The average Bonchev–Trinajstić information content (AvgIpc) is 2.83. The van der Waals surface area contributed by atoms with Crippen molar-refractivity contribution in [3.63, 3.8) is 0 Å². The van der Waals surface area contributed by atoms with E-state index in [0.29, 0.717) is 36.1 Å². The summed E-state index contributed by atoms with van der Waals surface area (Å²) in [5.41, 5.74) is 6.57. The first kappa shape index (κ1) is 15.4. The molecular weight excluding hydrogens is 317 g/mol. The first-order chi connectivity index (χ1) is 9.63. The highest BCUT2D eigenvalue weighted by Gasteiger charge is 2.13. The molecule has 20 heavy (non-hydrogen) atoms. The number of rotatable bonds is 6. The summed E-state index contributed by atoms with van der Waals surface area (Å²) in [5, 5.41) is 0.608. The van der Waals surface area contributed by atoms with Crippen molar-refractivity contribution < 1.29 is 9.47 Å². The summed E-state index contributed by atoms with van der Waals surface area (Å²) in [6, 6.07) is 7.38. The van der Waals surface area contributed by atoms with Crippen LogP contribution in [0.2, 0.25) is 9.36 Å². The molecular formula is C14H15Cl2NO2S. The number of hydrogen-bond donors (Lipinski definition) is 1. The Morgan fingerprint density at radius 2 is 2.05 bits per heavy atom. The molecule has 0 fully saturated rings. The summed E-state index contributed by atoms with van der Waals surface area (Å²) >= 11 is 13.5. The van der Waals surface area contributed by atoms with Crippen LogP contribution in [-0.2, 0) is 13.0 Å². The zero-order valence-corrected chi connectivity index (χ0v) is 13.3. The van der Waals surface area contributed by atoms with E-state index < -0.39 is 0 Å². The molecule has 0 aliphatic rings. The molecule has 108 valence electrons. The highest BCUT2D eigenvalue weighted by Crippen LogP contribution is 2.36. The number of ether oxygens (including phenoxy) is 2. The molecule has 3 nitrogen and oxygen atoms in total. The lowest BCUT2D eigenvalue weighted by molar-refractivity contribution is 0.284. The van der Waals surface area contributed by atoms with Gasteiger partial charge in [0.2, 0.25) is 0 Å². The number of hydrogen-bond acceptors (Lipinski definition) is 4. The van der Waals surface area contributed by atoms with E-state index >= 15 is 0 Å². The zero-order valence-electron chi connectivity index (χ0n) is 11.0. The Kier molecular flexibility index (Phi) is 5.54. The Morgan fingerprint density at radius 3 is 2.65 bits per heavy atom. The van der Waals surface area contributed by atoms with Crippen molar-refractivity contribution >= 4 is 34.5 Å². The van der Waals surface area contributed by atoms with Gasteiger partial charge in [-0.15, -0.1) is 11.3 Å². The van der Waals surface area contributed by atoms with Gasteiger partial charge in [-0.3, -0.25) is 0 Å². The summed E-state index contributed by atoms with van der Waals surface area (Å²) in [6.07, 6.45) is 0.678. The molecule has 2 rings (SSSR count). The fraction of sp³-hybridized carbons (Fsp3) is 0.286. The number of halogens is 2. The summed E-state index contributed by atoms with van der Waals surface area (Å²) in [6.45, 7) is 0.956. The minimum Gasteiger partial charge on any atom is -0.493 e. The lowest BCUT2D eigenvalue weighted by atomic mass is 10.1. The van der Waals surface area contributed by atoms with Crippen molar-refractivity contribution in [1.82, 2.24) is 0 Å². The summed E-state index contributed by atoms with van der Waals surface area (Å²) < 4.78 is 12.0. The minimum atomic E-state index is 0.437. The molecule has 2 aromatic rings. The predicted octanol–water partition coefficient (Wildman–Crippen LogP) is 4.14. The van der Waals surface area contributed by atoms with E-state index in [-0.39, 0.29) is 0 Å². The van der Waals surface area contributed by atoms with Gasteiger partial charge in [-0.05, 0) is 31.2 Å². The van der Waals surface area contributed by atoms with E-state index in [1.807, 2.05) is 18.2 Å². The largest absolute Gasteiger partial charge is 0.493 e. The summed E-state index contributed by atoms with van der Waals surface area (Å²) in [4.78, 5) is 1.05. The van der Waals surface area contributed by atoms with Gasteiger partial charge in [-0.1, -0.05) is 23.2 Å². The number of methoxy groups -OCH3 is 1. The molecule has 0 atom stereocenters. The molecule has 0 aliphatic carbocycles. The van der Waals surface area contributed by atoms with Gasteiger partial charge in [-0.25, -0.2) is 0 Å². The monoisotopic (exact) mass is 331 g/mol. The van der Waals surface area contributed by atoms with Gasteiger partial charge in [0.1, 0.15) is 6.61 Å². The van der Waals surface area contributed by atoms with Crippen LogP contribution in [0.1, 0.15) is 10.4 Å². The van der Waals surface area contributed by atoms with E-state index in [4.69, 9.17) is 38.4 Å². The Balaban J connectivity index is 2.23. The highest BCUT2D eigenvalue weighted by molar-refractivity contribution is 7.16. The van der Waals surface area contributed by atoms with Gasteiger partial charge in [0.05, 0.1) is 11.4 Å². The second kappa shape index (κ2) is 7.18. The van der Waals surface area contributed by atoms with Crippen molar-refractivity contribution in [2.45, 2.75) is 13.0 Å². The molecule has 6 heteroatoms. The Bertz CT molecular complexity index is 587. The fourth-order valence-corrected chi connectivity index (χ4v) is 3.08. The van der Waals surface area contributed by atoms with Crippen LogP contribution in [0.15, 0.2) is 24.3 Å². The molecule has 1 aromatic heterocycles. The van der Waals surface area contributed by atoms with Gasteiger partial charge in [0, 0.05) is 21.5 Å². The van der Waals surface area contributed by atoms with Gasteiger partial charge >= 0.3 is 0 Å². The van der Waals surface area contributed by atoms with E-state index in [9.17, 15) is 0 Å². The Labute approximate surface area is 132 Å². The zero-order chi connectivity index (χ0) is 14.5. The second-order valence-electron chi connectivity index (χ2n) is 4.13. The van der Waals surface area contributed by atoms with Crippen LogP contribution >= 0.6 is 34.5 Å². The molecule has 1 aromatic carbocycles. The van der Waals surface area contributed by atoms with E-state index in [1.54, 1.807) is 13.2 Å². The smallest absolute Gasteiger partial charge is 0.165 e. The maximum Gasteiger partial charge on any atom is 0.165 e. The maximum atomic E-state index is 6.07. The molecule has 1 heterocycles. The van der Waals surface area contributed by atoms with Crippen LogP contribution in [0.5, 0.6) is 11.5 Å². The third-order valence-corrected chi connectivity index (χ3v) is 4.14. The fourth-order valence-electron chi connectivity index (χ4n) is 1.85. The second-order valence-corrected chi connectivity index (χ2v) is 6.37. The standard InChI is InChI=1S/C14H15Cl2NO2S/c1-18-12-7-10(15)6-9(4-5-17)14(12)19-8-11-2-3-13(16)20-11/h2-3,6-7H,4-5,8,17H2,1H3. The summed E-state index contributed by atoms with van der Waals surface area (Å²) in [7, 11) is 1.59. The van der Waals surface area contributed by atoms with Crippen LogP contribution in [0, 0.1) is 0 Å². The van der Waals surface area contributed by atoms with Crippen LogP contribution in [-0.4, -0.2) is 13.7 Å². The SMILES string of the molecule is COc1cc(Cl)cc(CCN)c1OCc1ccc(Cl)s1. The van der Waals surface area contributed by atoms with Gasteiger partial charge in [0.15, 0.2) is 11.5 Å².